The van der Waals surface area contributed by atoms with Gasteiger partial charge in [-0.05, 0) is 42.8 Å². The molecule has 0 radical (unpaired) electrons. The number of carbonyl (C=O) groups is 1. The number of aromatic nitrogens is 2. The summed E-state index contributed by atoms with van der Waals surface area (Å²) in [5.41, 5.74) is 2.47. The molecule has 0 spiro atoms. The molecule has 0 aliphatic heterocycles. The number of rotatable bonds is 12. The lowest BCUT2D eigenvalue weighted by molar-refractivity contribution is 0.0952. The molecule has 0 aliphatic rings. The molecule has 1 heterocycles. The average Bonchev–Trinajstić information content (AvgIpc) is 3.27. The van der Waals surface area contributed by atoms with E-state index in [1.165, 1.54) is 21.3 Å². The Morgan fingerprint density at radius 1 is 0.917 bits per heavy atom. The van der Waals surface area contributed by atoms with E-state index >= 15 is 0 Å². The zero-order valence-electron chi connectivity index (χ0n) is 20.8. The van der Waals surface area contributed by atoms with Crippen molar-refractivity contribution in [2.75, 3.05) is 34.5 Å². The zero-order valence-corrected chi connectivity index (χ0v) is 20.8. The summed E-state index contributed by atoms with van der Waals surface area (Å²) in [6.45, 7) is 1.72. The van der Waals surface area contributed by atoms with Crippen LogP contribution in [0.15, 0.2) is 66.7 Å². The van der Waals surface area contributed by atoms with E-state index in [0.717, 1.165) is 35.4 Å². The lowest BCUT2D eigenvalue weighted by Gasteiger charge is -2.14. The molecular formula is C28H31N3O5. The minimum absolute atomic E-state index is 0.209. The second-order valence-electron chi connectivity index (χ2n) is 8.10. The standard InChI is InChI=1S/C28H31N3O5/c1-33-24-18-20(19-25(34-2)27(24)35-3)28(32)29-15-9-14-26-30-22-12-7-8-13-23(22)31(26)16-17-36-21-10-5-4-6-11-21/h4-8,10-13,18-19H,9,14-17H2,1-3H3,(H,29,32). The number of fused-ring (bicyclic) bond motifs is 1. The van der Waals surface area contributed by atoms with Gasteiger partial charge in [0.15, 0.2) is 11.5 Å². The summed E-state index contributed by atoms with van der Waals surface area (Å²) in [6.07, 6.45) is 1.45. The molecule has 8 nitrogen and oxygen atoms in total. The summed E-state index contributed by atoms with van der Waals surface area (Å²) in [5.74, 6) is 2.93. The number of hydrogen-bond acceptors (Lipinski definition) is 6. The Labute approximate surface area is 210 Å². The second kappa shape index (κ2) is 12.0. The lowest BCUT2D eigenvalue weighted by Crippen LogP contribution is -2.25. The van der Waals surface area contributed by atoms with Crippen molar-refractivity contribution in [3.8, 4) is 23.0 Å². The summed E-state index contributed by atoms with van der Waals surface area (Å²) in [4.78, 5) is 17.6. The van der Waals surface area contributed by atoms with E-state index in [1.54, 1.807) is 12.1 Å². The van der Waals surface area contributed by atoms with Gasteiger partial charge in [-0.1, -0.05) is 30.3 Å². The third-order valence-electron chi connectivity index (χ3n) is 5.85. The van der Waals surface area contributed by atoms with Crippen molar-refractivity contribution >= 4 is 16.9 Å². The molecule has 1 aromatic heterocycles. The van der Waals surface area contributed by atoms with Crippen molar-refractivity contribution in [2.24, 2.45) is 0 Å². The van der Waals surface area contributed by atoms with Gasteiger partial charge < -0.3 is 28.8 Å². The average molecular weight is 490 g/mol. The van der Waals surface area contributed by atoms with E-state index in [4.69, 9.17) is 23.9 Å². The monoisotopic (exact) mass is 489 g/mol. The Morgan fingerprint density at radius 2 is 1.61 bits per heavy atom. The SMILES string of the molecule is COc1cc(C(=O)NCCCc2nc3ccccc3n2CCOc2ccccc2)cc(OC)c1OC. The van der Waals surface area contributed by atoms with Crippen molar-refractivity contribution in [2.45, 2.75) is 19.4 Å². The number of ether oxygens (including phenoxy) is 4. The maximum atomic E-state index is 12.8. The number of imidazole rings is 1. The molecule has 0 saturated heterocycles. The minimum Gasteiger partial charge on any atom is -0.493 e. The van der Waals surface area contributed by atoms with Crippen LogP contribution in [0.5, 0.6) is 23.0 Å². The number of aryl methyl sites for hydroxylation is 1. The quantitative estimate of drug-likeness (QED) is 0.295. The first kappa shape index (κ1) is 24.9. The van der Waals surface area contributed by atoms with Crippen LogP contribution >= 0.6 is 0 Å². The summed E-state index contributed by atoms with van der Waals surface area (Å²) >= 11 is 0. The first-order valence-electron chi connectivity index (χ1n) is 11.8. The highest BCUT2D eigenvalue weighted by molar-refractivity contribution is 5.95. The molecule has 0 saturated carbocycles. The number of benzene rings is 3. The fraction of sp³-hybridized carbons (Fsp3) is 0.286. The van der Waals surface area contributed by atoms with Gasteiger partial charge in [-0.3, -0.25) is 4.79 Å². The number of nitrogens with zero attached hydrogens (tertiary/aromatic N) is 2. The van der Waals surface area contributed by atoms with E-state index in [2.05, 4.69) is 16.0 Å². The molecule has 0 aliphatic carbocycles. The number of carbonyl (C=O) groups excluding carboxylic acids is 1. The van der Waals surface area contributed by atoms with Crippen molar-refractivity contribution < 1.29 is 23.7 Å². The number of hydrogen-bond donors (Lipinski definition) is 1. The van der Waals surface area contributed by atoms with Gasteiger partial charge >= 0.3 is 0 Å². The predicted molar refractivity (Wildman–Crippen MR) is 138 cm³/mol. The molecule has 1 N–H and O–H groups in total. The van der Waals surface area contributed by atoms with Gasteiger partial charge in [0.25, 0.3) is 5.91 Å². The smallest absolute Gasteiger partial charge is 0.251 e. The Kier molecular flexibility index (Phi) is 8.28. The van der Waals surface area contributed by atoms with Crippen LogP contribution in [-0.2, 0) is 13.0 Å². The fourth-order valence-corrected chi connectivity index (χ4v) is 4.10. The number of para-hydroxylation sites is 3. The van der Waals surface area contributed by atoms with Crippen molar-refractivity contribution in [1.82, 2.24) is 14.9 Å². The van der Waals surface area contributed by atoms with Crippen molar-refractivity contribution in [1.29, 1.82) is 0 Å². The normalized spacial score (nSPS) is 10.8. The fourth-order valence-electron chi connectivity index (χ4n) is 4.10. The van der Waals surface area contributed by atoms with Crippen LogP contribution in [0.3, 0.4) is 0 Å². The van der Waals surface area contributed by atoms with E-state index < -0.39 is 0 Å². The molecule has 1 amide bonds. The van der Waals surface area contributed by atoms with Crippen molar-refractivity contribution in [3.63, 3.8) is 0 Å². The molecule has 4 aromatic rings. The second-order valence-corrected chi connectivity index (χ2v) is 8.10. The predicted octanol–water partition coefficient (Wildman–Crippen LogP) is 4.50. The van der Waals surface area contributed by atoms with Gasteiger partial charge in [-0.2, -0.15) is 0 Å². The highest BCUT2D eigenvalue weighted by Gasteiger charge is 2.17. The van der Waals surface area contributed by atoms with Gasteiger partial charge in [0.1, 0.15) is 18.2 Å². The third-order valence-corrected chi connectivity index (χ3v) is 5.85. The largest absolute Gasteiger partial charge is 0.493 e. The van der Waals surface area contributed by atoms with E-state index in [0.29, 0.717) is 42.5 Å². The topological polar surface area (TPSA) is 83.8 Å². The molecule has 36 heavy (non-hydrogen) atoms. The van der Waals surface area contributed by atoms with Gasteiger partial charge in [0, 0.05) is 18.5 Å². The Balaban J connectivity index is 1.38. The van der Waals surface area contributed by atoms with Crippen molar-refractivity contribution in [3.05, 3.63) is 78.1 Å². The Morgan fingerprint density at radius 3 is 2.31 bits per heavy atom. The van der Waals surface area contributed by atoms with Crippen LogP contribution in [0.2, 0.25) is 0 Å². The molecule has 0 bridgehead atoms. The van der Waals surface area contributed by atoms with Crippen LogP contribution in [0.1, 0.15) is 22.6 Å². The van der Waals surface area contributed by atoms with E-state index in [1.807, 2.05) is 48.5 Å². The first-order valence-corrected chi connectivity index (χ1v) is 11.8. The van der Waals surface area contributed by atoms with Gasteiger partial charge in [0.05, 0.1) is 38.9 Å². The molecule has 0 unspecified atom stereocenters. The summed E-state index contributed by atoms with van der Waals surface area (Å²) in [6, 6.07) is 21.1. The first-order chi connectivity index (χ1) is 17.6. The number of methoxy groups -OCH3 is 3. The number of amides is 1. The highest BCUT2D eigenvalue weighted by atomic mass is 16.5. The van der Waals surface area contributed by atoms with Crippen LogP contribution in [0, 0.1) is 0 Å². The number of nitrogens with one attached hydrogen (secondary N) is 1. The Bertz CT molecular complexity index is 1280. The molecule has 4 rings (SSSR count). The molecular weight excluding hydrogens is 458 g/mol. The summed E-state index contributed by atoms with van der Waals surface area (Å²) in [7, 11) is 4.58. The van der Waals surface area contributed by atoms with Crippen LogP contribution in [0.25, 0.3) is 11.0 Å². The maximum absolute atomic E-state index is 12.8. The zero-order chi connectivity index (χ0) is 25.3. The highest BCUT2D eigenvalue weighted by Crippen LogP contribution is 2.38. The van der Waals surface area contributed by atoms with Gasteiger partial charge in [0.2, 0.25) is 5.75 Å². The summed E-state index contributed by atoms with van der Waals surface area (Å²) in [5, 5.41) is 2.97. The van der Waals surface area contributed by atoms with E-state index in [9.17, 15) is 4.79 Å². The maximum Gasteiger partial charge on any atom is 0.251 e. The Hall–Kier alpha value is -4.20. The van der Waals surface area contributed by atoms with Crippen LogP contribution < -0.4 is 24.3 Å². The van der Waals surface area contributed by atoms with Crippen LogP contribution in [0.4, 0.5) is 0 Å². The molecule has 0 fully saturated rings. The molecule has 8 heteroatoms. The van der Waals surface area contributed by atoms with Crippen LogP contribution in [-0.4, -0.2) is 49.9 Å². The molecule has 0 atom stereocenters. The van der Waals surface area contributed by atoms with E-state index in [-0.39, 0.29) is 5.91 Å². The lowest BCUT2D eigenvalue weighted by atomic mass is 10.1. The third kappa shape index (κ3) is 5.71. The summed E-state index contributed by atoms with van der Waals surface area (Å²) < 4.78 is 24.1. The van der Waals surface area contributed by atoms with Gasteiger partial charge in [-0.15, -0.1) is 0 Å². The minimum atomic E-state index is -0.209. The van der Waals surface area contributed by atoms with Gasteiger partial charge in [-0.25, -0.2) is 4.98 Å². The molecule has 3 aromatic carbocycles. The molecule has 188 valence electrons.